The van der Waals surface area contributed by atoms with Gasteiger partial charge in [-0.3, -0.25) is 4.79 Å². The first-order chi connectivity index (χ1) is 15.7. The lowest BCUT2D eigenvalue weighted by Gasteiger charge is -2.32. The van der Waals surface area contributed by atoms with Gasteiger partial charge >= 0.3 is 5.97 Å². The molecule has 164 valence electrons. The van der Waals surface area contributed by atoms with E-state index in [0.717, 1.165) is 35.2 Å². The van der Waals surface area contributed by atoms with Crippen molar-refractivity contribution in [2.75, 3.05) is 6.61 Å². The van der Waals surface area contributed by atoms with Crippen molar-refractivity contribution in [3.8, 4) is 0 Å². The van der Waals surface area contributed by atoms with Crippen LogP contribution < -0.4 is 15.9 Å². The highest BCUT2D eigenvalue weighted by atomic mass is 31.2. The molecule has 3 aromatic carbocycles. The Bertz CT molecular complexity index is 1010. The fraction of sp³-hybridized carbons (Fsp3) is 0.250. The van der Waals surface area contributed by atoms with Crippen LogP contribution in [0.5, 0.6) is 0 Å². The van der Waals surface area contributed by atoms with Crippen LogP contribution in [0.3, 0.4) is 0 Å². The van der Waals surface area contributed by atoms with Gasteiger partial charge in [-0.1, -0.05) is 110 Å². The third-order valence-corrected chi connectivity index (χ3v) is 10.5. The SMILES string of the molecule is CCOC(=O)C(C(=O)CC1CCC1)=P(c1ccccc1)(c1ccccc1)c1ccccc1. The monoisotopic (exact) mass is 444 g/mol. The van der Waals surface area contributed by atoms with Gasteiger partial charge in [0, 0.05) is 6.42 Å². The Morgan fingerprint density at radius 1 is 0.781 bits per heavy atom. The molecule has 0 bridgehead atoms. The van der Waals surface area contributed by atoms with E-state index in [1.165, 1.54) is 0 Å². The molecule has 3 nitrogen and oxygen atoms in total. The Kier molecular flexibility index (Phi) is 7.07. The maximum absolute atomic E-state index is 13.9. The molecule has 4 rings (SSSR count). The van der Waals surface area contributed by atoms with E-state index < -0.39 is 12.9 Å². The molecule has 0 aliphatic heterocycles. The number of Topliss-reactive ketones (excluding diaryl/α,β-unsaturated/α-hetero) is 1. The number of carbonyl (C=O) groups excluding carboxylic acids is 2. The van der Waals surface area contributed by atoms with Crippen molar-refractivity contribution in [1.29, 1.82) is 0 Å². The molecular weight excluding hydrogens is 415 g/mol. The third kappa shape index (κ3) is 4.23. The van der Waals surface area contributed by atoms with Crippen molar-refractivity contribution in [2.24, 2.45) is 5.92 Å². The molecule has 0 atom stereocenters. The van der Waals surface area contributed by atoms with Crippen LogP contribution in [0.4, 0.5) is 0 Å². The molecule has 0 spiro atoms. The topological polar surface area (TPSA) is 43.4 Å². The molecule has 0 radical (unpaired) electrons. The summed E-state index contributed by atoms with van der Waals surface area (Å²) in [5.74, 6) is -0.198. The zero-order valence-electron chi connectivity index (χ0n) is 18.4. The average molecular weight is 445 g/mol. The van der Waals surface area contributed by atoms with Crippen LogP contribution in [0.15, 0.2) is 91.0 Å². The zero-order valence-corrected chi connectivity index (χ0v) is 19.3. The summed E-state index contributed by atoms with van der Waals surface area (Å²) in [6.07, 6.45) is 3.66. The van der Waals surface area contributed by atoms with E-state index in [9.17, 15) is 9.59 Å². The minimum absolute atomic E-state index is 0.0713. The lowest BCUT2D eigenvalue weighted by Crippen LogP contribution is -2.39. The van der Waals surface area contributed by atoms with E-state index in [-0.39, 0.29) is 12.4 Å². The van der Waals surface area contributed by atoms with Gasteiger partial charge in [0.05, 0.1) is 6.61 Å². The molecule has 0 unspecified atom stereocenters. The summed E-state index contributed by atoms with van der Waals surface area (Å²) in [5.41, 5.74) is 0. The summed E-state index contributed by atoms with van der Waals surface area (Å²) in [6, 6.07) is 30.1. The first-order valence-electron chi connectivity index (χ1n) is 11.3. The summed E-state index contributed by atoms with van der Waals surface area (Å²) in [4.78, 5) is 27.5. The van der Waals surface area contributed by atoms with Crippen molar-refractivity contribution in [1.82, 2.24) is 0 Å². The molecule has 1 saturated carbocycles. The number of esters is 1. The number of hydrogen-bond donors (Lipinski definition) is 0. The number of rotatable bonds is 8. The van der Waals surface area contributed by atoms with Gasteiger partial charge in [0.25, 0.3) is 0 Å². The predicted octanol–water partition coefficient (Wildman–Crippen LogP) is 4.48. The largest absolute Gasteiger partial charge is 0.462 e. The molecule has 1 aliphatic carbocycles. The zero-order chi connectivity index (χ0) is 22.4. The summed E-state index contributed by atoms with van der Waals surface area (Å²) < 4.78 is 5.56. The number of ether oxygens (including phenoxy) is 1. The van der Waals surface area contributed by atoms with E-state index in [1.807, 2.05) is 91.0 Å². The van der Waals surface area contributed by atoms with Crippen LogP contribution in [0.2, 0.25) is 0 Å². The van der Waals surface area contributed by atoms with E-state index in [4.69, 9.17) is 4.74 Å². The Morgan fingerprint density at radius 2 is 1.22 bits per heavy atom. The fourth-order valence-electron chi connectivity index (χ4n) is 4.48. The number of carbonyl (C=O) groups is 2. The van der Waals surface area contributed by atoms with E-state index in [0.29, 0.717) is 17.6 Å². The van der Waals surface area contributed by atoms with Gasteiger partial charge < -0.3 is 4.74 Å². The molecule has 1 fully saturated rings. The number of ketones is 1. The Labute approximate surface area is 190 Å². The molecule has 0 aromatic heterocycles. The average Bonchev–Trinajstić information content (AvgIpc) is 2.81. The first kappa shape index (κ1) is 22.3. The molecule has 1 aliphatic rings. The smallest absolute Gasteiger partial charge is 0.342 e. The van der Waals surface area contributed by atoms with Crippen LogP contribution in [0, 0.1) is 5.92 Å². The Morgan fingerprint density at radius 3 is 1.56 bits per heavy atom. The van der Waals surface area contributed by atoms with Crippen molar-refractivity contribution in [3.05, 3.63) is 91.0 Å². The molecule has 32 heavy (non-hydrogen) atoms. The first-order valence-corrected chi connectivity index (χ1v) is 13.1. The molecular formula is C28H29O3P. The highest BCUT2D eigenvalue weighted by Crippen LogP contribution is 2.47. The molecule has 0 amide bonds. The summed E-state index contributed by atoms with van der Waals surface area (Å²) in [6.45, 7) is -0.731. The van der Waals surface area contributed by atoms with E-state index in [1.54, 1.807) is 6.92 Å². The normalized spacial score (nSPS) is 13.8. The van der Waals surface area contributed by atoms with Crippen LogP contribution in [-0.4, -0.2) is 23.7 Å². The van der Waals surface area contributed by atoms with Crippen molar-refractivity contribution in [2.45, 2.75) is 32.6 Å². The fourth-order valence-corrected chi connectivity index (χ4v) is 8.81. The van der Waals surface area contributed by atoms with Gasteiger partial charge in [-0.25, -0.2) is 4.79 Å². The second kappa shape index (κ2) is 10.1. The maximum atomic E-state index is 13.9. The minimum Gasteiger partial charge on any atom is -0.462 e. The van der Waals surface area contributed by atoms with E-state index >= 15 is 0 Å². The molecule has 0 saturated heterocycles. The van der Waals surface area contributed by atoms with Gasteiger partial charge in [0.2, 0.25) is 0 Å². The highest BCUT2D eigenvalue weighted by Gasteiger charge is 2.38. The third-order valence-electron chi connectivity index (χ3n) is 6.20. The van der Waals surface area contributed by atoms with Gasteiger partial charge in [0.1, 0.15) is 5.29 Å². The van der Waals surface area contributed by atoms with E-state index in [2.05, 4.69) is 0 Å². The van der Waals surface area contributed by atoms with Crippen LogP contribution in [-0.2, 0) is 14.3 Å². The van der Waals surface area contributed by atoms with Crippen LogP contribution >= 0.6 is 6.89 Å². The van der Waals surface area contributed by atoms with Crippen molar-refractivity contribution in [3.63, 3.8) is 0 Å². The minimum atomic E-state index is -2.76. The Hall–Kier alpha value is -2.90. The molecule has 3 aromatic rings. The quantitative estimate of drug-likeness (QED) is 0.292. The molecule has 4 heteroatoms. The van der Waals surface area contributed by atoms with Gasteiger partial charge in [-0.2, -0.15) is 0 Å². The molecule has 0 N–H and O–H groups in total. The second-order valence-electron chi connectivity index (χ2n) is 8.17. The Balaban J connectivity index is 2.14. The van der Waals surface area contributed by atoms with Gasteiger partial charge in [0.15, 0.2) is 5.78 Å². The molecule has 0 heterocycles. The predicted molar refractivity (Wildman–Crippen MR) is 134 cm³/mol. The summed E-state index contributed by atoms with van der Waals surface area (Å²) in [5, 5.41) is 3.28. The van der Waals surface area contributed by atoms with Gasteiger partial charge in [-0.05, 0) is 35.6 Å². The van der Waals surface area contributed by atoms with Crippen molar-refractivity contribution < 1.29 is 14.3 Å². The number of hydrogen-bond acceptors (Lipinski definition) is 3. The summed E-state index contributed by atoms with van der Waals surface area (Å²) >= 11 is 0. The second-order valence-corrected chi connectivity index (χ2v) is 11.5. The lowest BCUT2D eigenvalue weighted by molar-refractivity contribution is -0.135. The van der Waals surface area contributed by atoms with Gasteiger partial charge in [-0.15, -0.1) is 0 Å². The maximum Gasteiger partial charge on any atom is 0.342 e. The summed E-state index contributed by atoms with van der Waals surface area (Å²) in [7, 11) is 0. The van der Waals surface area contributed by atoms with Crippen LogP contribution in [0.1, 0.15) is 32.6 Å². The highest BCUT2D eigenvalue weighted by molar-refractivity contribution is 7.97. The standard InChI is InChI=1S/C28H29O3P/c1-2-31-28(30)27(26(29)21-22-13-12-14-22)32(23-15-6-3-7-16-23,24-17-8-4-9-18-24)25-19-10-5-11-20-25/h3-11,15-20,22H,2,12-14,21H2,1H3. The lowest BCUT2D eigenvalue weighted by atomic mass is 9.81. The number of benzene rings is 3. The van der Waals surface area contributed by atoms with Crippen molar-refractivity contribution >= 4 is 39.8 Å². The van der Waals surface area contributed by atoms with Crippen LogP contribution in [0.25, 0.3) is 0 Å².